The minimum atomic E-state index is -0.472. The van der Waals surface area contributed by atoms with Crippen LogP contribution in [0.2, 0.25) is 0 Å². The van der Waals surface area contributed by atoms with Crippen LogP contribution in [0.4, 0.5) is 4.79 Å². The highest BCUT2D eigenvalue weighted by atomic mass is 35.5. The van der Waals surface area contributed by atoms with Gasteiger partial charge in [-0.3, -0.25) is 0 Å². The lowest BCUT2D eigenvalue weighted by atomic mass is 9.89. The molecule has 0 radical (unpaired) electrons. The van der Waals surface area contributed by atoms with Gasteiger partial charge in [-0.05, 0) is 26.3 Å². The van der Waals surface area contributed by atoms with Crippen molar-refractivity contribution in [3.63, 3.8) is 0 Å². The average Bonchev–Trinajstić information content (AvgIpc) is 2.33. The van der Waals surface area contributed by atoms with Gasteiger partial charge in [-0.25, -0.2) is 15.6 Å². The lowest BCUT2D eigenvalue weighted by molar-refractivity contribution is 0.0185. The number of likely N-dealkylation sites (N-methyl/N-ethyl adjacent to an activating group) is 1. The van der Waals surface area contributed by atoms with Gasteiger partial charge in [-0.1, -0.05) is 0 Å². The molecule has 0 aliphatic carbocycles. The summed E-state index contributed by atoms with van der Waals surface area (Å²) in [6.07, 6.45) is 0.806. The van der Waals surface area contributed by atoms with E-state index < -0.39 is 5.60 Å². The van der Waals surface area contributed by atoms with Gasteiger partial charge in [0.05, 0.1) is 11.4 Å². The molecule has 3 heterocycles. The fraction of sp³-hybridized carbons (Fsp3) is 0.786. The molecule has 0 spiro atoms. The number of rotatable bonds is 0. The van der Waals surface area contributed by atoms with E-state index >= 15 is 0 Å². The molecule has 3 aliphatic rings. The summed E-state index contributed by atoms with van der Waals surface area (Å²) in [5, 5.41) is -0.0901. The van der Waals surface area contributed by atoms with Gasteiger partial charge < -0.3 is 14.5 Å². The topological polar surface area (TPSA) is 56.8 Å². The monoisotopic (exact) mass is 314 g/mol. The molecule has 3 aliphatic heterocycles. The van der Waals surface area contributed by atoms with Crippen LogP contribution in [0.15, 0.2) is 11.3 Å². The van der Waals surface area contributed by atoms with Gasteiger partial charge >= 0.3 is 6.09 Å². The Kier molecular flexibility index (Phi) is 3.58. The Balaban J connectivity index is 1.76. The summed E-state index contributed by atoms with van der Waals surface area (Å²) < 4.78 is 5.46. The Labute approximate surface area is 130 Å². The Morgan fingerprint density at radius 3 is 2.67 bits per heavy atom. The van der Waals surface area contributed by atoms with Crippen molar-refractivity contribution < 1.29 is 9.53 Å². The van der Waals surface area contributed by atoms with E-state index in [1.54, 1.807) is 4.90 Å². The molecular formula is C14H23ClN4O2. The lowest BCUT2D eigenvalue weighted by Crippen LogP contribution is -2.77. The van der Waals surface area contributed by atoms with Crippen molar-refractivity contribution in [1.29, 1.82) is 0 Å². The van der Waals surface area contributed by atoms with E-state index in [0.29, 0.717) is 13.1 Å². The molecule has 2 N–H and O–H groups in total. The summed E-state index contributed by atoms with van der Waals surface area (Å²) >= 11 is 6.59. The maximum atomic E-state index is 12.2. The van der Waals surface area contributed by atoms with Gasteiger partial charge in [0, 0.05) is 32.3 Å². The molecule has 6 nitrogen and oxygen atoms in total. The average molecular weight is 315 g/mol. The smallest absolute Gasteiger partial charge is 0.410 e. The third-order valence-corrected chi connectivity index (χ3v) is 4.77. The molecule has 3 unspecified atom stereocenters. The molecule has 3 rings (SSSR count). The Bertz CT molecular complexity index is 488. The molecule has 0 aromatic heterocycles. The maximum absolute atomic E-state index is 12.2. The van der Waals surface area contributed by atoms with Crippen LogP contribution in [-0.2, 0) is 4.74 Å². The second-order valence-corrected chi connectivity index (χ2v) is 7.37. The number of carbonyl (C=O) groups excluding carboxylic acids is 1. The highest BCUT2D eigenvalue weighted by molar-refractivity contribution is 6.23. The van der Waals surface area contributed by atoms with E-state index in [0.717, 1.165) is 12.0 Å². The van der Waals surface area contributed by atoms with Gasteiger partial charge in [0.15, 0.2) is 0 Å². The molecule has 0 aromatic rings. The van der Waals surface area contributed by atoms with Crippen LogP contribution in [0.1, 0.15) is 27.2 Å². The molecule has 0 aromatic carbocycles. The van der Waals surface area contributed by atoms with Crippen LogP contribution < -0.4 is 10.9 Å². The number of nitrogens with zero attached hydrogens (tertiary/aromatic N) is 2. The van der Waals surface area contributed by atoms with Crippen LogP contribution in [0.3, 0.4) is 0 Å². The predicted molar refractivity (Wildman–Crippen MR) is 80.7 cm³/mol. The number of nitrogens with one attached hydrogen (secondary N) is 2. The minimum absolute atomic E-state index is 0.0901. The molecule has 3 atom stereocenters. The highest BCUT2D eigenvalue weighted by Crippen LogP contribution is 2.36. The standard InChI is InChI=1S/C14H23ClN4O2/c1-14(2,3)21-13(20)19-6-5-9-8(7-19)10(15)11-12(17-16-11)18(9)4/h10-12,16-17H,5-7H2,1-4H3. The summed E-state index contributed by atoms with van der Waals surface area (Å²) in [7, 11) is 2.08. The summed E-state index contributed by atoms with van der Waals surface area (Å²) in [6, 6.07) is 0.189. The maximum Gasteiger partial charge on any atom is 0.410 e. The van der Waals surface area contributed by atoms with Crippen molar-refractivity contribution >= 4 is 17.7 Å². The fourth-order valence-electron chi connectivity index (χ4n) is 3.12. The van der Waals surface area contributed by atoms with E-state index in [2.05, 4.69) is 22.8 Å². The zero-order valence-electron chi connectivity index (χ0n) is 12.9. The molecular weight excluding hydrogens is 292 g/mol. The molecule has 0 bridgehead atoms. The predicted octanol–water partition coefficient (Wildman–Crippen LogP) is 1.24. The number of hydrogen-bond donors (Lipinski definition) is 2. The summed E-state index contributed by atoms with van der Waals surface area (Å²) in [4.78, 5) is 16.2. The van der Waals surface area contributed by atoms with Crippen molar-refractivity contribution in [3.8, 4) is 0 Å². The fourth-order valence-corrected chi connectivity index (χ4v) is 3.51. The highest BCUT2D eigenvalue weighted by Gasteiger charge is 2.47. The molecule has 1 saturated heterocycles. The van der Waals surface area contributed by atoms with E-state index in [4.69, 9.17) is 16.3 Å². The van der Waals surface area contributed by atoms with Gasteiger partial charge in [0.1, 0.15) is 11.8 Å². The number of fused-ring (bicyclic) bond motifs is 1. The molecule has 118 valence electrons. The number of ether oxygens (including phenoxy) is 1. The first-order chi connectivity index (χ1) is 9.78. The summed E-state index contributed by atoms with van der Waals surface area (Å²) in [5.41, 5.74) is 8.24. The number of halogens is 1. The zero-order chi connectivity index (χ0) is 15.4. The van der Waals surface area contributed by atoms with Crippen LogP contribution in [0.5, 0.6) is 0 Å². The normalized spacial score (nSPS) is 32.3. The second kappa shape index (κ2) is 5.04. The quantitative estimate of drug-likeness (QED) is 0.659. The van der Waals surface area contributed by atoms with Crippen molar-refractivity contribution in [3.05, 3.63) is 11.3 Å². The first-order valence-corrected chi connectivity index (χ1v) is 7.79. The summed E-state index contributed by atoms with van der Waals surface area (Å²) in [6.45, 7) is 6.87. The number of hydrogen-bond acceptors (Lipinski definition) is 5. The molecule has 7 heteroatoms. The SMILES string of the molecule is CN1C2=C(CN(C(=O)OC(C)(C)C)CC2)C(Cl)C2NNC21. The minimum Gasteiger partial charge on any atom is -0.444 e. The second-order valence-electron chi connectivity index (χ2n) is 6.90. The lowest BCUT2D eigenvalue weighted by Gasteiger charge is -2.54. The van der Waals surface area contributed by atoms with E-state index in [1.807, 2.05) is 20.8 Å². The molecule has 0 saturated carbocycles. The molecule has 21 heavy (non-hydrogen) atoms. The third kappa shape index (κ3) is 2.60. The van der Waals surface area contributed by atoms with Crippen molar-refractivity contribution in [2.75, 3.05) is 20.1 Å². The van der Waals surface area contributed by atoms with E-state index in [-0.39, 0.29) is 23.7 Å². The number of amides is 1. The first-order valence-electron chi connectivity index (χ1n) is 7.36. The number of carbonyl (C=O) groups is 1. The van der Waals surface area contributed by atoms with E-state index in [9.17, 15) is 4.79 Å². The van der Waals surface area contributed by atoms with Gasteiger partial charge in [-0.15, -0.1) is 11.6 Å². The molecule has 1 fully saturated rings. The van der Waals surface area contributed by atoms with Gasteiger partial charge in [0.2, 0.25) is 0 Å². The number of hydrazine groups is 1. The Morgan fingerprint density at radius 2 is 2.10 bits per heavy atom. The zero-order valence-corrected chi connectivity index (χ0v) is 13.7. The largest absolute Gasteiger partial charge is 0.444 e. The van der Waals surface area contributed by atoms with Crippen molar-refractivity contribution in [2.45, 2.75) is 50.4 Å². The van der Waals surface area contributed by atoms with Crippen molar-refractivity contribution in [2.24, 2.45) is 0 Å². The van der Waals surface area contributed by atoms with Gasteiger partial charge in [-0.2, -0.15) is 0 Å². The van der Waals surface area contributed by atoms with Crippen LogP contribution >= 0.6 is 11.6 Å². The summed E-state index contributed by atoms with van der Waals surface area (Å²) in [5.74, 6) is 0. The Hall–Kier alpha value is -0.980. The third-order valence-electron chi connectivity index (χ3n) is 4.23. The molecule has 1 amide bonds. The van der Waals surface area contributed by atoms with Crippen LogP contribution in [0, 0.1) is 0 Å². The van der Waals surface area contributed by atoms with Crippen LogP contribution in [0.25, 0.3) is 0 Å². The van der Waals surface area contributed by atoms with Crippen molar-refractivity contribution in [1.82, 2.24) is 20.7 Å². The van der Waals surface area contributed by atoms with Crippen LogP contribution in [-0.4, -0.2) is 59.2 Å². The Morgan fingerprint density at radius 1 is 1.38 bits per heavy atom. The number of alkyl halides is 1. The van der Waals surface area contributed by atoms with E-state index in [1.165, 1.54) is 5.70 Å². The first kappa shape index (κ1) is 14.9. The van der Waals surface area contributed by atoms with Gasteiger partial charge in [0.25, 0.3) is 0 Å².